The molecule has 176 valence electrons. The number of fused-ring (bicyclic) bond motifs is 1. The van der Waals surface area contributed by atoms with Crippen molar-refractivity contribution in [3.63, 3.8) is 0 Å². The zero-order chi connectivity index (χ0) is 23.8. The molecule has 1 saturated heterocycles. The largest absolute Gasteiger partial charge is 0.424 e. The molecule has 2 atom stereocenters. The molecule has 8 nitrogen and oxygen atoms in total. The Morgan fingerprint density at radius 2 is 1.94 bits per heavy atom. The zero-order valence-corrected chi connectivity index (χ0v) is 20.1. The van der Waals surface area contributed by atoms with E-state index in [0.717, 1.165) is 40.8 Å². The van der Waals surface area contributed by atoms with Gasteiger partial charge in [0.15, 0.2) is 5.58 Å². The van der Waals surface area contributed by atoms with Gasteiger partial charge < -0.3 is 14.6 Å². The van der Waals surface area contributed by atoms with Crippen LogP contribution in [0.25, 0.3) is 16.8 Å². The summed E-state index contributed by atoms with van der Waals surface area (Å²) < 4.78 is 7.56. The van der Waals surface area contributed by atoms with E-state index in [9.17, 15) is 4.79 Å². The van der Waals surface area contributed by atoms with Gasteiger partial charge in [0.25, 0.3) is 11.9 Å². The van der Waals surface area contributed by atoms with Gasteiger partial charge in [-0.2, -0.15) is 10.1 Å². The van der Waals surface area contributed by atoms with E-state index in [2.05, 4.69) is 27.3 Å². The summed E-state index contributed by atoms with van der Waals surface area (Å²) in [5, 5.41) is 7.79. The maximum Gasteiger partial charge on any atom is 0.295 e. The fourth-order valence-corrected chi connectivity index (χ4v) is 4.76. The summed E-state index contributed by atoms with van der Waals surface area (Å²) in [6, 6.07) is 12.3. The SMILES string of the molecule is Cc1ccc(-n2cnc(C)n2)c(C(=O)N2CCC[C@@H](C)[C@H]2CNc2nc3cc(C)ccc3o2)c1. The number of nitrogens with zero attached hydrogens (tertiary/aromatic N) is 5. The van der Waals surface area contributed by atoms with Gasteiger partial charge in [-0.05, 0) is 69.4 Å². The van der Waals surface area contributed by atoms with E-state index in [-0.39, 0.29) is 11.9 Å². The van der Waals surface area contributed by atoms with Crippen LogP contribution >= 0.6 is 0 Å². The van der Waals surface area contributed by atoms with E-state index in [1.165, 1.54) is 0 Å². The van der Waals surface area contributed by atoms with Crippen molar-refractivity contribution in [3.05, 3.63) is 65.2 Å². The minimum absolute atomic E-state index is 0.0124. The van der Waals surface area contributed by atoms with Crippen molar-refractivity contribution in [2.45, 2.75) is 46.6 Å². The molecular formula is C26H30N6O2. The molecule has 3 heterocycles. The molecule has 0 bridgehead atoms. The molecular weight excluding hydrogens is 428 g/mol. The van der Waals surface area contributed by atoms with Crippen LogP contribution in [0.2, 0.25) is 0 Å². The molecule has 1 fully saturated rings. The molecule has 1 aliphatic rings. The number of amides is 1. The predicted octanol–water partition coefficient (Wildman–Crippen LogP) is 4.69. The topological polar surface area (TPSA) is 89.1 Å². The van der Waals surface area contributed by atoms with Crippen LogP contribution in [0.5, 0.6) is 0 Å². The van der Waals surface area contributed by atoms with Gasteiger partial charge in [-0.25, -0.2) is 9.67 Å². The lowest BCUT2D eigenvalue weighted by Crippen LogP contribution is -2.51. The van der Waals surface area contributed by atoms with Gasteiger partial charge in [0.2, 0.25) is 0 Å². The molecule has 5 rings (SSSR count). The summed E-state index contributed by atoms with van der Waals surface area (Å²) in [7, 11) is 0. The van der Waals surface area contributed by atoms with Gasteiger partial charge in [-0.1, -0.05) is 24.6 Å². The third kappa shape index (κ3) is 4.27. The number of rotatable bonds is 5. The van der Waals surface area contributed by atoms with Crippen LogP contribution in [0.15, 0.2) is 47.1 Å². The summed E-state index contributed by atoms with van der Waals surface area (Å²) in [5.74, 6) is 1.03. The second-order valence-corrected chi connectivity index (χ2v) is 9.31. The third-order valence-corrected chi connectivity index (χ3v) is 6.62. The highest BCUT2D eigenvalue weighted by molar-refractivity contribution is 5.98. The molecule has 8 heteroatoms. The molecule has 0 saturated carbocycles. The van der Waals surface area contributed by atoms with Crippen LogP contribution < -0.4 is 5.32 Å². The fraction of sp³-hybridized carbons (Fsp3) is 0.385. The Morgan fingerprint density at radius 3 is 2.74 bits per heavy atom. The van der Waals surface area contributed by atoms with Gasteiger partial charge in [0.05, 0.1) is 17.3 Å². The van der Waals surface area contributed by atoms with E-state index in [4.69, 9.17) is 4.42 Å². The van der Waals surface area contributed by atoms with Crippen molar-refractivity contribution in [2.75, 3.05) is 18.4 Å². The van der Waals surface area contributed by atoms with Crippen molar-refractivity contribution < 1.29 is 9.21 Å². The molecule has 0 radical (unpaired) electrons. The number of hydrogen-bond acceptors (Lipinski definition) is 6. The molecule has 1 aliphatic heterocycles. The lowest BCUT2D eigenvalue weighted by Gasteiger charge is -2.40. The predicted molar refractivity (Wildman–Crippen MR) is 131 cm³/mol. The number of nitrogens with one attached hydrogen (secondary N) is 1. The minimum atomic E-state index is 0.0124. The Balaban J connectivity index is 1.41. The maximum absolute atomic E-state index is 13.9. The Morgan fingerprint density at radius 1 is 1.15 bits per heavy atom. The number of oxazole rings is 1. The first-order chi connectivity index (χ1) is 16.4. The number of aromatic nitrogens is 4. The van der Waals surface area contributed by atoms with Crippen molar-refractivity contribution >= 4 is 23.0 Å². The molecule has 2 aromatic heterocycles. The second-order valence-electron chi connectivity index (χ2n) is 9.31. The van der Waals surface area contributed by atoms with Gasteiger partial charge >= 0.3 is 0 Å². The van der Waals surface area contributed by atoms with E-state index < -0.39 is 0 Å². The van der Waals surface area contributed by atoms with Gasteiger partial charge in [0, 0.05) is 13.1 Å². The third-order valence-electron chi connectivity index (χ3n) is 6.62. The molecule has 2 aromatic carbocycles. The molecule has 34 heavy (non-hydrogen) atoms. The highest BCUT2D eigenvalue weighted by Gasteiger charge is 2.33. The molecule has 0 aliphatic carbocycles. The first-order valence-electron chi connectivity index (χ1n) is 11.8. The monoisotopic (exact) mass is 458 g/mol. The van der Waals surface area contributed by atoms with Crippen LogP contribution in [0.3, 0.4) is 0 Å². The average Bonchev–Trinajstić information content (AvgIpc) is 3.43. The Hall–Kier alpha value is -3.68. The Bertz CT molecular complexity index is 1340. The molecule has 0 spiro atoms. The number of anilines is 1. The lowest BCUT2D eigenvalue weighted by molar-refractivity contribution is 0.0539. The summed E-state index contributed by atoms with van der Waals surface area (Å²) in [6.45, 7) is 9.37. The second kappa shape index (κ2) is 8.93. The number of carbonyl (C=O) groups excluding carboxylic acids is 1. The highest BCUT2D eigenvalue weighted by atomic mass is 16.4. The minimum Gasteiger partial charge on any atom is -0.424 e. The first kappa shape index (κ1) is 22.1. The van der Waals surface area contributed by atoms with Crippen molar-refractivity contribution in [1.82, 2.24) is 24.6 Å². The van der Waals surface area contributed by atoms with E-state index in [0.29, 0.717) is 36.4 Å². The van der Waals surface area contributed by atoms with Crippen LogP contribution in [-0.2, 0) is 0 Å². The summed E-state index contributed by atoms with van der Waals surface area (Å²) in [6.07, 6.45) is 3.71. The van der Waals surface area contributed by atoms with E-state index >= 15 is 0 Å². The van der Waals surface area contributed by atoms with Gasteiger partial charge in [-0.3, -0.25) is 4.79 Å². The van der Waals surface area contributed by atoms with Crippen molar-refractivity contribution in [2.24, 2.45) is 5.92 Å². The first-order valence-corrected chi connectivity index (χ1v) is 11.8. The summed E-state index contributed by atoms with van der Waals surface area (Å²) in [5.41, 5.74) is 5.15. The van der Waals surface area contributed by atoms with Gasteiger partial charge in [0.1, 0.15) is 17.7 Å². The van der Waals surface area contributed by atoms with Crippen LogP contribution in [0, 0.1) is 26.7 Å². The molecule has 4 aromatic rings. The average molecular weight is 459 g/mol. The van der Waals surface area contributed by atoms with Crippen LogP contribution in [0.4, 0.5) is 6.01 Å². The smallest absolute Gasteiger partial charge is 0.295 e. The Labute approximate surface area is 199 Å². The number of hydrogen-bond donors (Lipinski definition) is 1. The number of carbonyl (C=O) groups is 1. The molecule has 0 unspecified atom stereocenters. The Kier molecular flexibility index (Phi) is 5.81. The molecule has 1 N–H and O–H groups in total. The standard InChI is InChI=1S/C26H30N6O2/c1-16-7-9-22(32-15-28-19(4)30-32)20(12-16)25(33)31-11-5-6-18(3)23(31)14-27-26-29-21-13-17(2)8-10-24(21)34-26/h7-10,12-13,15,18,23H,5-6,11,14H2,1-4H3,(H,27,29)/t18-,23-/m1/s1. The summed E-state index contributed by atoms with van der Waals surface area (Å²) in [4.78, 5) is 24.7. The zero-order valence-electron chi connectivity index (χ0n) is 20.1. The van der Waals surface area contributed by atoms with E-state index in [1.54, 1.807) is 11.0 Å². The number of likely N-dealkylation sites (tertiary alicyclic amines) is 1. The lowest BCUT2D eigenvalue weighted by atomic mass is 9.90. The summed E-state index contributed by atoms with van der Waals surface area (Å²) >= 11 is 0. The fourth-order valence-electron chi connectivity index (χ4n) is 4.76. The number of piperidine rings is 1. The normalized spacial score (nSPS) is 18.4. The van der Waals surface area contributed by atoms with Crippen molar-refractivity contribution in [1.29, 1.82) is 0 Å². The highest BCUT2D eigenvalue weighted by Crippen LogP contribution is 2.28. The number of aryl methyl sites for hydroxylation is 3. The number of benzene rings is 2. The molecule has 1 amide bonds. The van der Waals surface area contributed by atoms with Crippen LogP contribution in [0.1, 0.15) is 47.1 Å². The quantitative estimate of drug-likeness (QED) is 0.467. The van der Waals surface area contributed by atoms with Crippen LogP contribution in [-0.4, -0.2) is 49.7 Å². The van der Waals surface area contributed by atoms with E-state index in [1.807, 2.05) is 62.1 Å². The van der Waals surface area contributed by atoms with Crippen molar-refractivity contribution in [3.8, 4) is 5.69 Å². The van der Waals surface area contributed by atoms with Gasteiger partial charge in [-0.15, -0.1) is 0 Å². The maximum atomic E-state index is 13.9.